The summed E-state index contributed by atoms with van der Waals surface area (Å²) in [6.45, 7) is 3.98. The summed E-state index contributed by atoms with van der Waals surface area (Å²) in [5.74, 6) is -0.163. The molecule has 0 aliphatic heterocycles. The van der Waals surface area contributed by atoms with Crippen molar-refractivity contribution in [3.8, 4) is 0 Å². The van der Waals surface area contributed by atoms with Crippen molar-refractivity contribution in [1.82, 2.24) is 5.32 Å². The molecule has 0 spiro atoms. The number of thiophene rings is 1. The Morgan fingerprint density at radius 2 is 2.00 bits per heavy atom. The lowest BCUT2D eigenvalue weighted by molar-refractivity contribution is 0.0557. The molecular weight excluding hydrogens is 270 g/mol. The van der Waals surface area contributed by atoms with Crippen molar-refractivity contribution in [1.29, 1.82) is 0 Å². The van der Waals surface area contributed by atoms with Gasteiger partial charge in [-0.3, -0.25) is 4.79 Å². The molecule has 106 valence electrons. The number of hydrogen-bond donors (Lipinski definition) is 2. The van der Waals surface area contributed by atoms with Gasteiger partial charge in [-0.05, 0) is 42.5 Å². The van der Waals surface area contributed by atoms with Gasteiger partial charge in [-0.25, -0.2) is 0 Å². The minimum absolute atomic E-state index is 0.163. The Morgan fingerprint density at radius 3 is 2.55 bits per heavy atom. The van der Waals surface area contributed by atoms with E-state index in [1.165, 1.54) is 16.9 Å². The van der Waals surface area contributed by atoms with Gasteiger partial charge in [0.2, 0.25) is 0 Å². The van der Waals surface area contributed by atoms with Crippen LogP contribution in [0.3, 0.4) is 0 Å². The first kappa shape index (κ1) is 14.8. The highest BCUT2D eigenvalue weighted by Gasteiger charge is 2.24. The van der Waals surface area contributed by atoms with Crippen LogP contribution in [0.2, 0.25) is 0 Å². The lowest BCUT2D eigenvalue weighted by Gasteiger charge is -2.22. The van der Waals surface area contributed by atoms with Gasteiger partial charge in [0.05, 0.1) is 6.54 Å². The first-order valence-corrected chi connectivity index (χ1v) is 7.54. The van der Waals surface area contributed by atoms with Gasteiger partial charge in [-0.15, -0.1) is 11.3 Å². The number of aryl methyl sites for hydroxylation is 1. The van der Waals surface area contributed by atoms with Crippen LogP contribution in [0.25, 0.3) is 0 Å². The lowest BCUT2D eigenvalue weighted by Crippen LogP contribution is -2.38. The van der Waals surface area contributed by atoms with Crippen molar-refractivity contribution in [2.45, 2.75) is 25.9 Å². The molecule has 0 saturated carbocycles. The number of nitrogens with one attached hydrogen (secondary N) is 1. The zero-order chi connectivity index (χ0) is 14.6. The fraction of sp³-hybridized carbons (Fsp3) is 0.312. The van der Waals surface area contributed by atoms with Gasteiger partial charge in [0, 0.05) is 10.4 Å². The molecule has 2 aromatic rings. The molecule has 1 amide bonds. The number of rotatable bonds is 5. The summed E-state index contributed by atoms with van der Waals surface area (Å²) >= 11 is 1.48. The highest BCUT2D eigenvalue weighted by molar-refractivity contribution is 7.10. The molecule has 1 atom stereocenters. The van der Waals surface area contributed by atoms with Crippen LogP contribution in [0.1, 0.15) is 34.6 Å². The number of amides is 1. The molecule has 0 aliphatic rings. The SMILES string of the molecule is CCc1ccc(C(=O)NCC(C)(O)c2cccs2)cc1. The predicted molar refractivity (Wildman–Crippen MR) is 82.0 cm³/mol. The second-order valence-electron chi connectivity index (χ2n) is 4.98. The molecule has 0 aliphatic carbocycles. The first-order chi connectivity index (χ1) is 9.53. The monoisotopic (exact) mass is 289 g/mol. The van der Waals surface area contributed by atoms with E-state index in [0.29, 0.717) is 5.56 Å². The van der Waals surface area contributed by atoms with Crippen LogP contribution >= 0.6 is 11.3 Å². The third kappa shape index (κ3) is 3.46. The summed E-state index contributed by atoms with van der Waals surface area (Å²) in [4.78, 5) is 12.9. The van der Waals surface area contributed by atoms with E-state index in [-0.39, 0.29) is 12.5 Å². The van der Waals surface area contributed by atoms with E-state index in [1.807, 2.05) is 41.8 Å². The highest BCUT2D eigenvalue weighted by Crippen LogP contribution is 2.24. The Balaban J connectivity index is 1.98. The normalized spacial score (nSPS) is 13.8. The minimum atomic E-state index is -1.03. The maximum Gasteiger partial charge on any atom is 0.251 e. The third-order valence-electron chi connectivity index (χ3n) is 3.27. The molecule has 1 aromatic heterocycles. The van der Waals surface area contributed by atoms with E-state index < -0.39 is 5.60 Å². The van der Waals surface area contributed by atoms with Gasteiger partial charge in [0.25, 0.3) is 5.91 Å². The molecule has 4 heteroatoms. The topological polar surface area (TPSA) is 49.3 Å². The molecule has 1 heterocycles. The lowest BCUT2D eigenvalue weighted by atomic mass is 10.0. The van der Waals surface area contributed by atoms with Crippen LogP contribution in [0.4, 0.5) is 0 Å². The maximum atomic E-state index is 12.0. The fourth-order valence-corrected chi connectivity index (χ4v) is 2.71. The van der Waals surface area contributed by atoms with Crippen LogP contribution in [0, 0.1) is 0 Å². The van der Waals surface area contributed by atoms with Crippen molar-refractivity contribution in [3.63, 3.8) is 0 Å². The Hall–Kier alpha value is -1.65. The van der Waals surface area contributed by atoms with E-state index in [0.717, 1.165) is 11.3 Å². The minimum Gasteiger partial charge on any atom is -0.383 e. The molecular formula is C16H19NO2S. The van der Waals surface area contributed by atoms with Crippen LogP contribution in [-0.4, -0.2) is 17.6 Å². The van der Waals surface area contributed by atoms with Crippen LogP contribution < -0.4 is 5.32 Å². The molecule has 3 nitrogen and oxygen atoms in total. The van der Waals surface area contributed by atoms with Crippen molar-refractivity contribution >= 4 is 17.2 Å². The van der Waals surface area contributed by atoms with Crippen molar-refractivity contribution in [3.05, 3.63) is 57.8 Å². The zero-order valence-corrected chi connectivity index (χ0v) is 12.5. The van der Waals surface area contributed by atoms with Gasteiger partial charge >= 0.3 is 0 Å². The molecule has 1 unspecified atom stereocenters. The summed E-state index contributed by atoms with van der Waals surface area (Å²) in [6, 6.07) is 11.3. The Bertz CT molecular complexity index is 559. The number of carbonyl (C=O) groups excluding carboxylic acids is 1. The molecule has 0 saturated heterocycles. The van der Waals surface area contributed by atoms with Crippen molar-refractivity contribution < 1.29 is 9.90 Å². The molecule has 1 aromatic carbocycles. The number of hydrogen-bond acceptors (Lipinski definition) is 3. The number of benzene rings is 1. The molecule has 20 heavy (non-hydrogen) atoms. The highest BCUT2D eigenvalue weighted by atomic mass is 32.1. The quantitative estimate of drug-likeness (QED) is 0.889. The van der Waals surface area contributed by atoms with Crippen LogP contribution in [0.5, 0.6) is 0 Å². The smallest absolute Gasteiger partial charge is 0.251 e. The summed E-state index contributed by atoms with van der Waals surface area (Å²) in [7, 11) is 0. The largest absolute Gasteiger partial charge is 0.383 e. The first-order valence-electron chi connectivity index (χ1n) is 6.66. The van der Waals surface area contributed by atoms with Gasteiger partial charge in [-0.2, -0.15) is 0 Å². The average Bonchev–Trinajstić information content (AvgIpc) is 3.00. The standard InChI is InChI=1S/C16H19NO2S/c1-3-12-6-8-13(9-7-12)15(18)17-11-16(2,19)14-5-4-10-20-14/h4-10,19H,3,11H2,1-2H3,(H,17,18). The maximum absolute atomic E-state index is 12.0. The van der Waals surface area contributed by atoms with Crippen molar-refractivity contribution in [2.24, 2.45) is 0 Å². The van der Waals surface area contributed by atoms with Crippen LogP contribution in [0.15, 0.2) is 41.8 Å². The Labute approximate surface area is 123 Å². The molecule has 0 radical (unpaired) electrons. The summed E-state index contributed by atoms with van der Waals surface area (Å²) < 4.78 is 0. The molecule has 2 rings (SSSR count). The van der Waals surface area contributed by atoms with Crippen LogP contribution in [-0.2, 0) is 12.0 Å². The molecule has 2 N–H and O–H groups in total. The van der Waals surface area contributed by atoms with E-state index in [1.54, 1.807) is 6.92 Å². The third-order valence-corrected chi connectivity index (χ3v) is 4.39. The van der Waals surface area contributed by atoms with E-state index in [9.17, 15) is 9.90 Å². The Kier molecular flexibility index (Phi) is 4.57. The molecule has 0 fully saturated rings. The summed E-state index contributed by atoms with van der Waals surface area (Å²) in [5.41, 5.74) is 0.781. The van der Waals surface area contributed by atoms with Crippen molar-refractivity contribution in [2.75, 3.05) is 6.54 Å². The van der Waals surface area contributed by atoms with Gasteiger partial charge in [-0.1, -0.05) is 25.1 Å². The second-order valence-corrected chi connectivity index (χ2v) is 5.93. The Morgan fingerprint density at radius 1 is 1.30 bits per heavy atom. The van der Waals surface area contributed by atoms with E-state index >= 15 is 0 Å². The summed E-state index contributed by atoms with van der Waals surface area (Å²) in [5, 5.41) is 15.0. The molecule has 0 bridgehead atoms. The average molecular weight is 289 g/mol. The van der Waals surface area contributed by atoms with Gasteiger partial charge in [0.1, 0.15) is 5.60 Å². The van der Waals surface area contributed by atoms with E-state index in [2.05, 4.69) is 12.2 Å². The predicted octanol–water partition coefficient (Wildman–Crippen LogP) is 2.95. The number of aliphatic hydroxyl groups is 1. The zero-order valence-electron chi connectivity index (χ0n) is 11.7. The van der Waals surface area contributed by atoms with Gasteiger partial charge in [0.15, 0.2) is 0 Å². The van der Waals surface area contributed by atoms with Gasteiger partial charge < -0.3 is 10.4 Å². The van der Waals surface area contributed by atoms with E-state index in [4.69, 9.17) is 0 Å². The fourth-order valence-electron chi connectivity index (χ4n) is 1.92. The second kappa shape index (κ2) is 6.20. The number of carbonyl (C=O) groups is 1. The summed E-state index contributed by atoms with van der Waals surface area (Å²) in [6.07, 6.45) is 0.953.